The van der Waals surface area contributed by atoms with Crippen molar-refractivity contribution in [2.75, 3.05) is 5.32 Å². The lowest BCUT2D eigenvalue weighted by atomic mass is 9.90. The molecule has 18 heavy (non-hydrogen) atoms. The zero-order valence-corrected chi connectivity index (χ0v) is 10.7. The summed E-state index contributed by atoms with van der Waals surface area (Å²) in [6, 6.07) is 10.5. The molecule has 2 N–H and O–H groups in total. The van der Waals surface area contributed by atoms with E-state index >= 15 is 0 Å². The average Bonchev–Trinajstić information content (AvgIpc) is 2.29. The van der Waals surface area contributed by atoms with Gasteiger partial charge in [-0.25, -0.2) is 0 Å². The molecule has 0 aliphatic carbocycles. The third kappa shape index (κ3) is 3.36. The fourth-order valence-electron chi connectivity index (χ4n) is 1.30. The minimum absolute atomic E-state index is 0.210. The molecule has 0 bridgehead atoms. The van der Waals surface area contributed by atoms with Crippen molar-refractivity contribution in [2.45, 2.75) is 20.8 Å². The highest BCUT2D eigenvalue weighted by atomic mass is 16.3. The molecule has 94 valence electrons. The topological polar surface area (TPSA) is 73.1 Å². The molecule has 0 unspecified atom stereocenters. The van der Waals surface area contributed by atoms with E-state index in [2.05, 4.69) is 5.32 Å². The second kappa shape index (κ2) is 5.37. The van der Waals surface area contributed by atoms with E-state index in [-0.39, 0.29) is 11.3 Å². The number of carbonyl (C=O) groups is 1. The highest BCUT2D eigenvalue weighted by Gasteiger charge is 2.24. The summed E-state index contributed by atoms with van der Waals surface area (Å²) in [5, 5.41) is 21.4. The van der Waals surface area contributed by atoms with Gasteiger partial charge in [-0.05, 0) is 12.1 Å². The van der Waals surface area contributed by atoms with E-state index < -0.39 is 11.3 Å². The van der Waals surface area contributed by atoms with Gasteiger partial charge in [0.05, 0.1) is 0 Å². The number of amides is 1. The second-order valence-electron chi connectivity index (χ2n) is 4.91. The number of aliphatic hydroxyl groups excluding tert-OH is 1. The monoisotopic (exact) mass is 244 g/mol. The van der Waals surface area contributed by atoms with Crippen LogP contribution in [-0.2, 0) is 4.79 Å². The van der Waals surface area contributed by atoms with Gasteiger partial charge in [0.15, 0.2) is 5.57 Å². The fourth-order valence-corrected chi connectivity index (χ4v) is 1.30. The molecule has 0 radical (unpaired) electrons. The first kappa shape index (κ1) is 13.8. The molecule has 0 spiro atoms. The Bertz CT molecular complexity index is 505. The van der Waals surface area contributed by atoms with Gasteiger partial charge < -0.3 is 10.4 Å². The number of aliphatic hydroxyl groups is 1. The van der Waals surface area contributed by atoms with Gasteiger partial charge in [-0.3, -0.25) is 4.79 Å². The number of para-hydroxylation sites is 1. The molecule has 1 amide bonds. The predicted molar refractivity (Wildman–Crippen MR) is 69.8 cm³/mol. The number of carbonyl (C=O) groups excluding carboxylic acids is 1. The number of rotatable bonds is 2. The number of anilines is 1. The summed E-state index contributed by atoms with van der Waals surface area (Å²) < 4.78 is 0. The molecule has 0 atom stereocenters. The van der Waals surface area contributed by atoms with Gasteiger partial charge in [0.2, 0.25) is 0 Å². The summed E-state index contributed by atoms with van der Waals surface area (Å²) in [5.41, 5.74) is -0.317. The first-order valence-corrected chi connectivity index (χ1v) is 5.56. The van der Waals surface area contributed by atoms with E-state index in [0.717, 1.165) is 0 Å². The Balaban J connectivity index is 2.99. The van der Waals surface area contributed by atoms with Gasteiger partial charge in [0.25, 0.3) is 5.91 Å². The lowest BCUT2D eigenvalue weighted by Gasteiger charge is -2.18. The molecule has 4 nitrogen and oxygen atoms in total. The van der Waals surface area contributed by atoms with Crippen LogP contribution in [0.4, 0.5) is 5.69 Å². The highest BCUT2D eigenvalue weighted by Crippen LogP contribution is 2.25. The van der Waals surface area contributed by atoms with Crippen LogP contribution < -0.4 is 5.32 Å². The summed E-state index contributed by atoms with van der Waals surface area (Å²) >= 11 is 0. The number of allylic oxidation sites excluding steroid dienone is 1. The largest absolute Gasteiger partial charge is 0.510 e. The van der Waals surface area contributed by atoms with Crippen LogP contribution in [0.5, 0.6) is 0 Å². The smallest absolute Gasteiger partial charge is 0.269 e. The summed E-state index contributed by atoms with van der Waals surface area (Å²) in [7, 11) is 0. The average molecular weight is 244 g/mol. The minimum Gasteiger partial charge on any atom is -0.510 e. The minimum atomic E-state index is -0.640. The Morgan fingerprint density at radius 3 is 2.28 bits per heavy atom. The molecule has 1 rings (SSSR count). The molecule has 0 aliphatic heterocycles. The molecule has 0 aromatic heterocycles. The van der Waals surface area contributed by atoms with E-state index in [9.17, 15) is 9.90 Å². The second-order valence-corrected chi connectivity index (χ2v) is 4.91. The zero-order chi connectivity index (χ0) is 13.8. The van der Waals surface area contributed by atoms with Crippen LogP contribution in [0.15, 0.2) is 41.7 Å². The number of nitrogens with zero attached hydrogens (tertiary/aromatic N) is 1. The Labute approximate surface area is 107 Å². The maximum atomic E-state index is 11.9. The van der Waals surface area contributed by atoms with Gasteiger partial charge >= 0.3 is 0 Å². The van der Waals surface area contributed by atoms with Crippen molar-refractivity contribution in [3.8, 4) is 6.07 Å². The summed E-state index contributed by atoms with van der Waals surface area (Å²) in [4.78, 5) is 11.9. The van der Waals surface area contributed by atoms with Crippen molar-refractivity contribution in [1.29, 1.82) is 5.26 Å². The number of benzene rings is 1. The van der Waals surface area contributed by atoms with Crippen molar-refractivity contribution in [1.82, 2.24) is 0 Å². The van der Waals surface area contributed by atoms with E-state index in [4.69, 9.17) is 5.26 Å². The molecule has 1 aromatic rings. The quantitative estimate of drug-likeness (QED) is 0.477. The van der Waals surface area contributed by atoms with Gasteiger partial charge in [0.1, 0.15) is 11.8 Å². The van der Waals surface area contributed by atoms with Crippen LogP contribution in [0, 0.1) is 16.7 Å². The number of hydrogen-bond acceptors (Lipinski definition) is 3. The number of nitrogens with one attached hydrogen (secondary N) is 1. The van der Waals surface area contributed by atoms with Crippen LogP contribution >= 0.6 is 0 Å². The SMILES string of the molecule is CC(C)(C)/C(O)=C(/C#N)C(=O)Nc1ccccc1. The third-order valence-corrected chi connectivity index (χ3v) is 2.32. The van der Waals surface area contributed by atoms with Crippen LogP contribution in [-0.4, -0.2) is 11.0 Å². The van der Waals surface area contributed by atoms with Crippen molar-refractivity contribution in [2.24, 2.45) is 5.41 Å². The molecule has 0 heterocycles. The van der Waals surface area contributed by atoms with Gasteiger partial charge in [-0.2, -0.15) is 5.26 Å². The zero-order valence-electron chi connectivity index (χ0n) is 10.7. The van der Waals surface area contributed by atoms with Crippen molar-refractivity contribution >= 4 is 11.6 Å². The summed E-state index contributed by atoms with van der Waals surface area (Å²) in [5.74, 6) is -0.811. The summed E-state index contributed by atoms with van der Waals surface area (Å²) in [6.07, 6.45) is 0. The Hall–Kier alpha value is -2.28. The molecular weight excluding hydrogens is 228 g/mol. The first-order chi connectivity index (χ1) is 8.36. The Morgan fingerprint density at radius 2 is 1.83 bits per heavy atom. The first-order valence-electron chi connectivity index (χ1n) is 5.56. The highest BCUT2D eigenvalue weighted by molar-refractivity contribution is 6.06. The molecule has 0 aliphatic rings. The Kier molecular flexibility index (Phi) is 4.11. The maximum Gasteiger partial charge on any atom is 0.269 e. The van der Waals surface area contributed by atoms with Gasteiger partial charge in [-0.15, -0.1) is 0 Å². The summed E-state index contributed by atoms with van der Waals surface area (Å²) in [6.45, 7) is 5.19. The van der Waals surface area contributed by atoms with E-state index in [1.54, 1.807) is 51.1 Å². The number of hydrogen-bond donors (Lipinski definition) is 2. The maximum absolute atomic E-state index is 11.9. The molecule has 0 saturated heterocycles. The van der Waals surface area contributed by atoms with E-state index in [1.807, 2.05) is 6.07 Å². The predicted octanol–water partition coefficient (Wildman–Crippen LogP) is 3.01. The van der Waals surface area contributed by atoms with Crippen molar-refractivity contribution < 1.29 is 9.90 Å². The van der Waals surface area contributed by atoms with E-state index in [1.165, 1.54) is 0 Å². The van der Waals surface area contributed by atoms with E-state index in [0.29, 0.717) is 5.69 Å². The number of nitriles is 1. The van der Waals surface area contributed by atoms with Crippen molar-refractivity contribution in [3.63, 3.8) is 0 Å². The van der Waals surface area contributed by atoms with Crippen molar-refractivity contribution in [3.05, 3.63) is 41.7 Å². The normalized spacial score (nSPS) is 12.3. The van der Waals surface area contributed by atoms with Crippen LogP contribution in [0.2, 0.25) is 0 Å². The standard InChI is InChI=1S/C14H16N2O2/c1-14(2,3)12(17)11(9-15)13(18)16-10-7-5-4-6-8-10/h4-8,17H,1-3H3,(H,16,18)/b12-11+. The molecule has 1 aromatic carbocycles. The van der Waals surface area contributed by atoms with Crippen LogP contribution in [0.1, 0.15) is 20.8 Å². The fraction of sp³-hybridized carbons (Fsp3) is 0.286. The van der Waals surface area contributed by atoms with Gasteiger partial charge in [-0.1, -0.05) is 39.0 Å². The van der Waals surface area contributed by atoms with Crippen LogP contribution in [0.25, 0.3) is 0 Å². The molecular formula is C14H16N2O2. The lowest BCUT2D eigenvalue weighted by molar-refractivity contribution is -0.112. The van der Waals surface area contributed by atoms with Gasteiger partial charge in [0, 0.05) is 11.1 Å². The Morgan fingerprint density at radius 1 is 1.28 bits per heavy atom. The molecule has 0 saturated carbocycles. The lowest BCUT2D eigenvalue weighted by Crippen LogP contribution is -2.20. The molecule has 4 heteroatoms. The molecule has 0 fully saturated rings. The third-order valence-electron chi connectivity index (χ3n) is 2.32. The van der Waals surface area contributed by atoms with Crippen LogP contribution in [0.3, 0.4) is 0 Å².